The van der Waals surface area contributed by atoms with E-state index in [4.69, 9.17) is 4.42 Å². The molecule has 4 rings (SSSR count). The van der Waals surface area contributed by atoms with Gasteiger partial charge in [0.1, 0.15) is 6.54 Å². The highest BCUT2D eigenvalue weighted by Crippen LogP contribution is 2.23. The summed E-state index contributed by atoms with van der Waals surface area (Å²) >= 11 is 0. The highest BCUT2D eigenvalue weighted by atomic mass is 16.3. The van der Waals surface area contributed by atoms with E-state index in [9.17, 15) is 4.79 Å². The molecule has 2 aliphatic rings. The van der Waals surface area contributed by atoms with E-state index in [2.05, 4.69) is 16.7 Å². The first-order valence-electron chi connectivity index (χ1n) is 9.74. The summed E-state index contributed by atoms with van der Waals surface area (Å²) in [5.41, 5.74) is 1.12. The van der Waals surface area contributed by atoms with E-state index in [0.29, 0.717) is 18.6 Å². The molecule has 0 aliphatic carbocycles. The van der Waals surface area contributed by atoms with Gasteiger partial charge in [-0.1, -0.05) is 30.3 Å². The van der Waals surface area contributed by atoms with Gasteiger partial charge in [-0.3, -0.25) is 0 Å². The molecule has 0 saturated carbocycles. The predicted octanol–water partition coefficient (Wildman–Crippen LogP) is 2.25. The topological polar surface area (TPSA) is 58.7 Å². The third-order valence-corrected chi connectivity index (χ3v) is 5.88. The second kappa shape index (κ2) is 7.96. The van der Waals surface area contributed by atoms with Crippen LogP contribution < -0.4 is 15.5 Å². The Morgan fingerprint density at radius 3 is 2.54 bits per heavy atom. The molecule has 0 spiro atoms. The molecule has 4 atom stereocenters. The number of piperidine rings is 2. The van der Waals surface area contributed by atoms with Crippen LogP contribution in [0.4, 0.5) is 4.79 Å². The molecule has 2 saturated heterocycles. The highest BCUT2D eigenvalue weighted by molar-refractivity contribution is 5.74. The van der Waals surface area contributed by atoms with Gasteiger partial charge in [0.2, 0.25) is 0 Å². The van der Waals surface area contributed by atoms with Gasteiger partial charge < -0.3 is 20.0 Å². The van der Waals surface area contributed by atoms with E-state index in [0.717, 1.165) is 30.7 Å². The Balaban J connectivity index is 1.30. The molecule has 138 valence electrons. The third kappa shape index (κ3) is 4.10. The van der Waals surface area contributed by atoms with Crippen LogP contribution in [0.3, 0.4) is 0 Å². The van der Waals surface area contributed by atoms with E-state index in [1.54, 1.807) is 11.2 Å². The second-order valence-electron chi connectivity index (χ2n) is 7.64. The average Bonchev–Trinajstić information content (AvgIpc) is 3.15. The molecule has 3 heterocycles. The number of benzene rings is 1. The smallest absolute Gasteiger partial charge is 0.315 e. The molecular weight excluding hydrogens is 326 g/mol. The van der Waals surface area contributed by atoms with Crippen molar-refractivity contribution in [1.29, 1.82) is 0 Å². The lowest BCUT2D eigenvalue weighted by atomic mass is 9.81. The second-order valence-corrected chi connectivity index (χ2v) is 7.64. The molecule has 5 heteroatoms. The van der Waals surface area contributed by atoms with Crippen molar-refractivity contribution in [2.45, 2.75) is 63.3 Å². The fourth-order valence-corrected chi connectivity index (χ4v) is 4.67. The van der Waals surface area contributed by atoms with Crippen molar-refractivity contribution in [3.05, 3.63) is 60.1 Å². The van der Waals surface area contributed by atoms with Crippen LogP contribution in [0.5, 0.6) is 0 Å². The molecule has 3 N–H and O–H groups in total. The largest absolute Gasteiger partial charge is 0.463 e. The number of hydrogen-bond acceptors (Lipinski definition) is 2. The maximum absolute atomic E-state index is 12.3. The Hall–Kier alpha value is -2.27. The SMILES string of the molecule is O=C(NCc1ccccc1)NC1C[C@H]2CCC[C@@H](C1)[NH+]2Cc1ccco1. The lowest BCUT2D eigenvalue weighted by Crippen LogP contribution is -3.20. The monoisotopic (exact) mass is 354 g/mol. The van der Waals surface area contributed by atoms with Gasteiger partial charge in [0.05, 0.1) is 18.3 Å². The first-order valence-corrected chi connectivity index (χ1v) is 9.74. The van der Waals surface area contributed by atoms with Crippen LogP contribution in [0.25, 0.3) is 0 Å². The zero-order valence-electron chi connectivity index (χ0n) is 15.1. The Morgan fingerprint density at radius 2 is 1.85 bits per heavy atom. The molecule has 5 nitrogen and oxygen atoms in total. The number of carbonyl (C=O) groups is 1. The van der Waals surface area contributed by atoms with Crippen LogP contribution in [-0.2, 0) is 13.1 Å². The lowest BCUT2D eigenvalue weighted by Gasteiger charge is -2.45. The van der Waals surface area contributed by atoms with E-state index < -0.39 is 0 Å². The Morgan fingerprint density at radius 1 is 1.08 bits per heavy atom. The summed E-state index contributed by atoms with van der Waals surface area (Å²) in [5, 5.41) is 6.20. The van der Waals surface area contributed by atoms with Gasteiger partial charge in [-0.05, 0) is 37.0 Å². The maximum atomic E-state index is 12.3. The van der Waals surface area contributed by atoms with E-state index in [-0.39, 0.29) is 12.1 Å². The normalized spacial score (nSPS) is 27.7. The van der Waals surface area contributed by atoms with Crippen LogP contribution in [0.1, 0.15) is 43.4 Å². The van der Waals surface area contributed by atoms with Crippen LogP contribution in [-0.4, -0.2) is 24.2 Å². The number of carbonyl (C=O) groups excluding carboxylic acids is 1. The molecule has 2 bridgehead atoms. The predicted molar refractivity (Wildman–Crippen MR) is 99.6 cm³/mol. The Labute approximate surface area is 154 Å². The van der Waals surface area contributed by atoms with Gasteiger partial charge in [0.15, 0.2) is 5.76 Å². The van der Waals surface area contributed by atoms with Crippen molar-refractivity contribution in [2.24, 2.45) is 0 Å². The van der Waals surface area contributed by atoms with Crippen LogP contribution >= 0.6 is 0 Å². The molecule has 0 radical (unpaired) electrons. The third-order valence-electron chi connectivity index (χ3n) is 5.88. The lowest BCUT2D eigenvalue weighted by molar-refractivity contribution is -0.974. The zero-order chi connectivity index (χ0) is 17.8. The molecule has 2 fully saturated rings. The van der Waals surface area contributed by atoms with Crippen LogP contribution in [0.15, 0.2) is 53.1 Å². The fraction of sp³-hybridized carbons (Fsp3) is 0.476. The van der Waals surface area contributed by atoms with Crippen molar-refractivity contribution >= 4 is 6.03 Å². The summed E-state index contributed by atoms with van der Waals surface area (Å²) in [6, 6.07) is 15.5. The van der Waals surface area contributed by atoms with Crippen molar-refractivity contribution in [2.75, 3.05) is 0 Å². The van der Waals surface area contributed by atoms with Crippen LogP contribution in [0, 0.1) is 0 Å². The van der Waals surface area contributed by atoms with Gasteiger partial charge in [0, 0.05) is 25.4 Å². The van der Waals surface area contributed by atoms with Crippen molar-refractivity contribution in [3.63, 3.8) is 0 Å². The molecule has 2 aromatic rings. The van der Waals surface area contributed by atoms with E-state index in [1.807, 2.05) is 36.4 Å². The summed E-state index contributed by atoms with van der Waals surface area (Å²) in [4.78, 5) is 13.9. The van der Waals surface area contributed by atoms with E-state index in [1.165, 1.54) is 19.3 Å². The molecule has 1 aromatic heterocycles. The summed E-state index contributed by atoms with van der Waals surface area (Å²) in [6.45, 7) is 1.54. The Kier molecular flexibility index (Phi) is 5.25. The number of quaternary nitrogens is 1. The molecule has 2 amide bonds. The minimum absolute atomic E-state index is 0.0496. The van der Waals surface area contributed by atoms with Gasteiger partial charge in [0.25, 0.3) is 0 Å². The van der Waals surface area contributed by atoms with Crippen molar-refractivity contribution < 1.29 is 14.1 Å². The highest BCUT2D eigenvalue weighted by Gasteiger charge is 2.42. The number of urea groups is 1. The van der Waals surface area contributed by atoms with E-state index >= 15 is 0 Å². The number of rotatable bonds is 5. The summed E-state index contributed by atoms with van der Waals surface area (Å²) < 4.78 is 5.57. The summed E-state index contributed by atoms with van der Waals surface area (Å²) in [7, 11) is 0. The number of fused-ring (bicyclic) bond motifs is 2. The molecule has 2 unspecified atom stereocenters. The average molecular weight is 354 g/mol. The van der Waals surface area contributed by atoms with Gasteiger partial charge >= 0.3 is 6.03 Å². The molecule has 26 heavy (non-hydrogen) atoms. The number of amides is 2. The standard InChI is InChI=1S/C21H27N3O2/c25-21(22-14-16-6-2-1-3-7-16)23-17-12-18-8-4-9-19(13-17)24(18)15-20-10-5-11-26-20/h1-3,5-7,10-11,17-19H,4,8-9,12-15H2,(H2,22,23,25)/p+1/t17?,18-,19+. The van der Waals surface area contributed by atoms with Gasteiger partial charge in [-0.15, -0.1) is 0 Å². The summed E-state index contributed by atoms with van der Waals surface area (Å²) in [5.74, 6) is 1.07. The maximum Gasteiger partial charge on any atom is 0.315 e. The number of nitrogens with one attached hydrogen (secondary N) is 3. The molecular formula is C21H28N3O2+. The minimum atomic E-state index is -0.0496. The zero-order valence-corrected chi connectivity index (χ0v) is 15.1. The minimum Gasteiger partial charge on any atom is -0.463 e. The fourth-order valence-electron chi connectivity index (χ4n) is 4.67. The summed E-state index contributed by atoms with van der Waals surface area (Å²) in [6.07, 6.45) is 7.68. The van der Waals surface area contributed by atoms with Crippen molar-refractivity contribution in [3.8, 4) is 0 Å². The van der Waals surface area contributed by atoms with Gasteiger partial charge in [-0.25, -0.2) is 4.79 Å². The number of furan rings is 1. The van der Waals surface area contributed by atoms with Crippen LogP contribution in [0.2, 0.25) is 0 Å². The number of hydrogen-bond donors (Lipinski definition) is 3. The molecule has 2 aliphatic heterocycles. The first-order chi connectivity index (χ1) is 12.8. The van der Waals surface area contributed by atoms with Gasteiger partial charge in [-0.2, -0.15) is 0 Å². The quantitative estimate of drug-likeness (QED) is 0.771. The Bertz CT molecular complexity index is 687. The molecule has 1 aromatic carbocycles. The first kappa shape index (κ1) is 17.2. The van der Waals surface area contributed by atoms with Crippen molar-refractivity contribution in [1.82, 2.24) is 10.6 Å².